The predicted molar refractivity (Wildman–Crippen MR) is 122 cm³/mol. The fourth-order valence-electron chi connectivity index (χ4n) is 4.10. The van der Waals surface area contributed by atoms with Gasteiger partial charge in [0.2, 0.25) is 5.91 Å². The van der Waals surface area contributed by atoms with Crippen LogP contribution in [0, 0.1) is 24.7 Å². The second-order valence-electron chi connectivity index (χ2n) is 8.07. The molecule has 0 fully saturated rings. The molecule has 0 saturated carbocycles. The number of phenols is 1. The van der Waals surface area contributed by atoms with Crippen LogP contribution in [0.4, 0.5) is 0 Å². The molecule has 7 N–H and O–H groups in total. The van der Waals surface area contributed by atoms with Gasteiger partial charge < -0.3 is 26.5 Å². The fourth-order valence-corrected chi connectivity index (χ4v) is 4.10. The molecular formula is C23H41NO7. The fraction of sp³-hybridized carbons (Fsp3) is 0.609. The number of fused-ring (bicyclic) bond motifs is 1. The largest absolute Gasteiger partial charge is 0.507 e. The van der Waals surface area contributed by atoms with Crippen molar-refractivity contribution in [3.63, 3.8) is 0 Å². The van der Waals surface area contributed by atoms with Gasteiger partial charge in [-0.25, -0.2) is 0 Å². The smallest absolute Gasteiger partial charge is 0.224 e. The lowest BCUT2D eigenvalue weighted by molar-refractivity contribution is -0.131. The summed E-state index contributed by atoms with van der Waals surface area (Å²) in [6.45, 7) is 5.53. The van der Waals surface area contributed by atoms with Gasteiger partial charge in [-0.2, -0.15) is 0 Å². The van der Waals surface area contributed by atoms with Gasteiger partial charge in [0, 0.05) is 21.8 Å². The Bertz CT molecular complexity index is 759. The second kappa shape index (κ2) is 13.9. The van der Waals surface area contributed by atoms with Crippen molar-refractivity contribution in [3.05, 3.63) is 28.8 Å². The molecule has 1 aromatic carbocycles. The molecule has 2 rings (SSSR count). The standard InChI is InChI=1S/C20H27NO6.C3H8.H2O.2H2/c1-11-2-3-16(24)20-14(11)7-12(8-18(20)26)6-13(4-5-22)15(10-23)17(25)9-19(21)27;1-3-2;;;/h2-3,12-13,15,22-24H,4-10H2,1H3,(H2,21,27);3H2,1-2H3;1H2;2*1H. The molecule has 1 aliphatic carbocycles. The SMILES string of the molecule is CCC.Cc1ccc(O)c2c1CC(CC(CCO)C(CO)C(=O)CC(N)=O)CC2=O.O.[HH].[HH]. The number of aromatic hydroxyl groups is 1. The lowest BCUT2D eigenvalue weighted by Crippen LogP contribution is -2.33. The van der Waals surface area contributed by atoms with E-state index in [1.165, 1.54) is 12.5 Å². The molecule has 8 heteroatoms. The number of primary amides is 1. The highest BCUT2D eigenvalue weighted by Gasteiger charge is 2.34. The molecule has 0 heterocycles. The molecule has 0 aromatic heterocycles. The molecule has 0 spiro atoms. The molecule has 8 nitrogen and oxygen atoms in total. The maximum atomic E-state index is 12.5. The number of carbonyl (C=O) groups is 3. The summed E-state index contributed by atoms with van der Waals surface area (Å²) in [5.41, 5.74) is 7.18. The minimum atomic E-state index is -0.800. The van der Waals surface area contributed by atoms with E-state index >= 15 is 0 Å². The normalized spacial score (nSPS) is 16.8. The number of phenolic OH excluding ortho intramolecular Hbond substituents is 1. The molecule has 3 unspecified atom stereocenters. The van der Waals surface area contributed by atoms with E-state index in [1.54, 1.807) is 6.07 Å². The number of Topliss-reactive ketones (excluding diaryl/α,β-unsaturated/α-hetero) is 2. The Kier molecular flexibility index (Phi) is 12.9. The Morgan fingerprint density at radius 3 is 2.35 bits per heavy atom. The van der Waals surface area contributed by atoms with Gasteiger partial charge in [-0.3, -0.25) is 14.4 Å². The zero-order valence-electron chi connectivity index (χ0n) is 18.7. The lowest BCUT2D eigenvalue weighted by atomic mass is 9.73. The van der Waals surface area contributed by atoms with Crippen LogP contribution in [0.3, 0.4) is 0 Å². The molecule has 31 heavy (non-hydrogen) atoms. The average molecular weight is 444 g/mol. The molecule has 0 aliphatic heterocycles. The number of rotatable bonds is 9. The Balaban J connectivity index is -0.00000142. The van der Waals surface area contributed by atoms with E-state index < -0.39 is 30.6 Å². The first kappa shape index (κ1) is 28.7. The van der Waals surface area contributed by atoms with Crippen molar-refractivity contribution >= 4 is 17.5 Å². The van der Waals surface area contributed by atoms with Gasteiger partial charge in [0.05, 0.1) is 18.6 Å². The third-order valence-electron chi connectivity index (χ3n) is 5.43. The van der Waals surface area contributed by atoms with E-state index in [4.69, 9.17) is 5.73 Å². The maximum absolute atomic E-state index is 12.5. The number of aryl methyl sites for hydroxylation is 1. The number of benzene rings is 1. The van der Waals surface area contributed by atoms with Gasteiger partial charge in [0.15, 0.2) is 5.78 Å². The van der Waals surface area contributed by atoms with E-state index in [9.17, 15) is 29.7 Å². The Morgan fingerprint density at radius 2 is 1.84 bits per heavy atom. The molecule has 1 amide bonds. The van der Waals surface area contributed by atoms with Crippen molar-refractivity contribution in [3.8, 4) is 5.75 Å². The van der Waals surface area contributed by atoms with Gasteiger partial charge in [-0.15, -0.1) is 0 Å². The predicted octanol–water partition coefficient (Wildman–Crippen LogP) is 1.97. The van der Waals surface area contributed by atoms with Crippen molar-refractivity contribution in [2.45, 2.75) is 59.3 Å². The monoisotopic (exact) mass is 443 g/mol. The van der Waals surface area contributed by atoms with E-state index in [1.807, 2.05) is 6.92 Å². The third-order valence-corrected chi connectivity index (χ3v) is 5.43. The van der Waals surface area contributed by atoms with Crippen LogP contribution in [0.2, 0.25) is 0 Å². The lowest BCUT2D eigenvalue weighted by Gasteiger charge is -2.31. The molecule has 0 saturated heterocycles. The van der Waals surface area contributed by atoms with Gasteiger partial charge in [-0.1, -0.05) is 26.3 Å². The Hall–Kier alpha value is -2.29. The van der Waals surface area contributed by atoms with Crippen LogP contribution in [0.15, 0.2) is 12.1 Å². The van der Waals surface area contributed by atoms with E-state index in [0.717, 1.165) is 11.1 Å². The van der Waals surface area contributed by atoms with Crippen LogP contribution < -0.4 is 5.73 Å². The number of carbonyl (C=O) groups excluding carboxylic acids is 3. The highest BCUT2D eigenvalue weighted by atomic mass is 16.3. The number of aliphatic hydroxyl groups excluding tert-OH is 2. The first-order valence-electron chi connectivity index (χ1n) is 10.6. The van der Waals surface area contributed by atoms with Gasteiger partial charge in [-0.05, 0) is 55.2 Å². The van der Waals surface area contributed by atoms with Crippen LogP contribution in [0.5, 0.6) is 5.75 Å². The first-order chi connectivity index (χ1) is 14.2. The van der Waals surface area contributed by atoms with Crippen LogP contribution in [-0.4, -0.2) is 51.5 Å². The number of hydrogen-bond acceptors (Lipinski definition) is 6. The summed E-state index contributed by atoms with van der Waals surface area (Å²) in [7, 11) is 0. The highest BCUT2D eigenvalue weighted by Crippen LogP contribution is 2.37. The van der Waals surface area contributed by atoms with Gasteiger partial charge >= 0.3 is 0 Å². The number of hydrogen-bond donors (Lipinski definition) is 4. The topological polar surface area (TPSA) is 169 Å². The van der Waals surface area contributed by atoms with Crippen LogP contribution in [0.1, 0.15) is 70.3 Å². The third kappa shape index (κ3) is 8.05. The summed E-state index contributed by atoms with van der Waals surface area (Å²) < 4.78 is 0. The number of amides is 1. The molecule has 180 valence electrons. The Labute approximate surface area is 186 Å². The molecule has 0 bridgehead atoms. The molecule has 0 radical (unpaired) electrons. The zero-order valence-corrected chi connectivity index (χ0v) is 18.7. The summed E-state index contributed by atoms with van der Waals surface area (Å²) in [6, 6.07) is 3.28. The summed E-state index contributed by atoms with van der Waals surface area (Å²) in [4.78, 5) is 35.9. The number of aliphatic hydroxyl groups is 2. The summed E-state index contributed by atoms with van der Waals surface area (Å²) >= 11 is 0. The van der Waals surface area contributed by atoms with E-state index in [0.29, 0.717) is 18.4 Å². The molecular weight excluding hydrogens is 402 g/mol. The van der Waals surface area contributed by atoms with E-state index in [-0.39, 0.29) is 51.1 Å². The minimum absolute atomic E-state index is 0. The zero-order chi connectivity index (χ0) is 22.8. The van der Waals surface area contributed by atoms with Crippen molar-refractivity contribution < 1.29 is 38.0 Å². The number of nitrogens with two attached hydrogens (primary N) is 1. The summed E-state index contributed by atoms with van der Waals surface area (Å²) in [6.07, 6.45) is 2.34. The van der Waals surface area contributed by atoms with Crippen molar-refractivity contribution in [1.82, 2.24) is 0 Å². The van der Waals surface area contributed by atoms with Gasteiger partial charge in [0.1, 0.15) is 11.5 Å². The van der Waals surface area contributed by atoms with Crippen LogP contribution in [-0.2, 0) is 16.0 Å². The first-order valence-corrected chi connectivity index (χ1v) is 10.6. The van der Waals surface area contributed by atoms with Crippen molar-refractivity contribution in [2.75, 3.05) is 13.2 Å². The number of ketones is 2. The van der Waals surface area contributed by atoms with Crippen LogP contribution >= 0.6 is 0 Å². The second-order valence-corrected chi connectivity index (χ2v) is 8.07. The van der Waals surface area contributed by atoms with E-state index in [2.05, 4.69) is 13.8 Å². The molecule has 1 aliphatic rings. The van der Waals surface area contributed by atoms with Crippen molar-refractivity contribution in [2.24, 2.45) is 23.5 Å². The summed E-state index contributed by atoms with van der Waals surface area (Å²) in [5, 5.41) is 29.1. The highest BCUT2D eigenvalue weighted by molar-refractivity contribution is 6.01. The average Bonchev–Trinajstić information content (AvgIpc) is 2.65. The minimum Gasteiger partial charge on any atom is -0.507 e. The maximum Gasteiger partial charge on any atom is 0.224 e. The quantitative estimate of drug-likeness (QED) is 0.425. The van der Waals surface area contributed by atoms with Gasteiger partial charge in [0.25, 0.3) is 0 Å². The molecule has 1 aromatic rings. The van der Waals surface area contributed by atoms with Crippen molar-refractivity contribution in [1.29, 1.82) is 0 Å². The molecule has 3 atom stereocenters. The van der Waals surface area contributed by atoms with Crippen LogP contribution in [0.25, 0.3) is 0 Å². The summed E-state index contributed by atoms with van der Waals surface area (Å²) in [5.74, 6) is -2.59. The Morgan fingerprint density at radius 1 is 1.23 bits per heavy atom.